The van der Waals surface area contributed by atoms with Crippen molar-refractivity contribution in [3.05, 3.63) is 59.2 Å². The summed E-state index contributed by atoms with van der Waals surface area (Å²) in [6.45, 7) is 3.41. The minimum Gasteiger partial charge on any atom is -0.508 e. The molecule has 6 rings (SSSR count). The number of piperidine rings is 1. The average molecular weight is 490 g/mol. The van der Waals surface area contributed by atoms with Gasteiger partial charge in [-0.25, -0.2) is 0 Å². The van der Waals surface area contributed by atoms with Crippen molar-refractivity contribution in [3.63, 3.8) is 0 Å². The maximum Gasteiger partial charge on any atom is 0.115 e. The molecule has 3 nitrogen and oxygen atoms in total. The number of nitrogens with one attached hydrogen (secondary N) is 1. The quantitative estimate of drug-likeness (QED) is 0.490. The number of rotatable bonds is 5. The molecule has 3 aliphatic carbocycles. The molecule has 2 saturated carbocycles. The zero-order chi connectivity index (χ0) is 20.8. The number of fused-ring (bicyclic) bond motifs is 1. The highest BCUT2D eigenvalue weighted by Crippen LogP contribution is 2.56. The third-order valence-electron chi connectivity index (χ3n) is 9.08. The molecule has 0 aromatic heterocycles. The molecule has 2 aromatic rings. The molecule has 0 spiro atoms. The number of benzene rings is 2. The van der Waals surface area contributed by atoms with Crippen LogP contribution in [-0.2, 0) is 18.4 Å². The Bertz CT molecular complexity index is 963. The Balaban J connectivity index is 0.00000130. The lowest BCUT2D eigenvalue weighted by Crippen LogP contribution is -2.61. The van der Waals surface area contributed by atoms with Crippen LogP contribution in [0.15, 0.2) is 42.5 Å². The highest BCUT2D eigenvalue weighted by Gasteiger charge is 2.53. The van der Waals surface area contributed by atoms with Gasteiger partial charge in [-0.1, -0.05) is 37.5 Å². The molecule has 2 aromatic carbocycles. The molecule has 1 heterocycles. The molecule has 1 aliphatic heterocycles. The molecule has 3 fully saturated rings. The molecular formula is C28H38Cl2N2O. The lowest BCUT2D eigenvalue weighted by atomic mass is 9.52. The van der Waals surface area contributed by atoms with Crippen LogP contribution in [0.5, 0.6) is 5.75 Å². The van der Waals surface area contributed by atoms with Gasteiger partial charge >= 0.3 is 0 Å². The maximum absolute atomic E-state index is 9.76. The van der Waals surface area contributed by atoms with Gasteiger partial charge in [-0.15, -0.1) is 24.8 Å². The summed E-state index contributed by atoms with van der Waals surface area (Å²) in [4.78, 5) is 2.91. The molecule has 2 bridgehead atoms. The van der Waals surface area contributed by atoms with E-state index in [4.69, 9.17) is 0 Å². The lowest BCUT2D eigenvalue weighted by Gasteiger charge is -2.59. The summed E-state index contributed by atoms with van der Waals surface area (Å²) in [6.07, 6.45) is 12.6. The Labute approximate surface area is 211 Å². The maximum atomic E-state index is 9.76. The van der Waals surface area contributed by atoms with E-state index in [1.165, 1.54) is 76.6 Å². The minimum atomic E-state index is 0. The molecule has 2 N–H and O–H groups in total. The van der Waals surface area contributed by atoms with E-state index in [2.05, 4.69) is 34.5 Å². The van der Waals surface area contributed by atoms with Gasteiger partial charge in [0.25, 0.3) is 0 Å². The molecule has 33 heavy (non-hydrogen) atoms. The number of hydrogen-bond acceptors (Lipinski definition) is 3. The van der Waals surface area contributed by atoms with Crippen LogP contribution in [0.3, 0.4) is 0 Å². The SMILES string of the molecule is Cl.Cl.Oc1cccc(CNc2ccc3c(c2)[C@@]24CCCC[C@H]2[C@@H](C3)N(CC2CCC2)CC4)c1. The molecule has 5 heteroatoms. The number of phenols is 1. The van der Waals surface area contributed by atoms with E-state index in [0.29, 0.717) is 11.2 Å². The van der Waals surface area contributed by atoms with Gasteiger partial charge in [-0.2, -0.15) is 0 Å². The minimum absolute atomic E-state index is 0. The second kappa shape index (κ2) is 10.1. The summed E-state index contributed by atoms with van der Waals surface area (Å²) in [5, 5.41) is 13.4. The number of phenolic OH excluding ortho intramolecular Hbond substituents is 1. The normalized spacial score (nSPS) is 28.4. The predicted molar refractivity (Wildman–Crippen MR) is 141 cm³/mol. The van der Waals surface area contributed by atoms with Crippen LogP contribution >= 0.6 is 24.8 Å². The molecule has 3 atom stereocenters. The molecule has 1 saturated heterocycles. The zero-order valence-electron chi connectivity index (χ0n) is 19.5. The Morgan fingerprint density at radius 3 is 2.64 bits per heavy atom. The smallest absolute Gasteiger partial charge is 0.115 e. The van der Waals surface area contributed by atoms with Gasteiger partial charge in [0.15, 0.2) is 0 Å². The molecule has 0 amide bonds. The van der Waals surface area contributed by atoms with Crippen molar-refractivity contribution >= 4 is 30.5 Å². The van der Waals surface area contributed by atoms with Crippen molar-refractivity contribution < 1.29 is 5.11 Å². The first-order chi connectivity index (χ1) is 15.2. The fourth-order valence-electron chi connectivity index (χ4n) is 7.30. The van der Waals surface area contributed by atoms with Crippen molar-refractivity contribution in [3.8, 4) is 5.75 Å². The van der Waals surface area contributed by atoms with E-state index in [0.717, 1.165) is 30.0 Å². The number of nitrogens with zero attached hydrogens (tertiary/aromatic N) is 1. The third-order valence-corrected chi connectivity index (χ3v) is 9.08. The van der Waals surface area contributed by atoms with Crippen LogP contribution in [0, 0.1) is 11.8 Å². The van der Waals surface area contributed by atoms with Gasteiger partial charge < -0.3 is 10.4 Å². The first-order valence-electron chi connectivity index (χ1n) is 12.6. The van der Waals surface area contributed by atoms with Crippen molar-refractivity contribution in [2.45, 2.75) is 75.8 Å². The van der Waals surface area contributed by atoms with E-state index in [-0.39, 0.29) is 24.8 Å². The van der Waals surface area contributed by atoms with E-state index in [1.54, 1.807) is 17.2 Å². The first-order valence-corrected chi connectivity index (χ1v) is 12.6. The van der Waals surface area contributed by atoms with Gasteiger partial charge in [-0.3, -0.25) is 4.90 Å². The molecule has 4 aliphatic rings. The highest BCUT2D eigenvalue weighted by molar-refractivity contribution is 5.85. The van der Waals surface area contributed by atoms with Crippen LogP contribution < -0.4 is 5.32 Å². The first kappa shape index (κ1) is 24.7. The number of aromatic hydroxyl groups is 1. The van der Waals surface area contributed by atoms with E-state index in [9.17, 15) is 5.11 Å². The predicted octanol–water partition coefficient (Wildman–Crippen LogP) is 6.71. The Morgan fingerprint density at radius 1 is 0.970 bits per heavy atom. The van der Waals surface area contributed by atoms with Crippen molar-refractivity contribution in [1.29, 1.82) is 0 Å². The highest BCUT2D eigenvalue weighted by atomic mass is 35.5. The summed E-state index contributed by atoms with van der Waals surface area (Å²) < 4.78 is 0. The zero-order valence-corrected chi connectivity index (χ0v) is 21.1. The fraction of sp³-hybridized carbons (Fsp3) is 0.571. The Morgan fingerprint density at radius 2 is 1.85 bits per heavy atom. The van der Waals surface area contributed by atoms with Crippen molar-refractivity contribution in [2.24, 2.45) is 11.8 Å². The molecule has 180 valence electrons. The summed E-state index contributed by atoms with van der Waals surface area (Å²) in [7, 11) is 0. The van der Waals surface area contributed by atoms with Gasteiger partial charge in [0.05, 0.1) is 0 Å². The van der Waals surface area contributed by atoms with E-state index in [1.807, 2.05) is 12.1 Å². The standard InChI is InChI=1S/C28H36N2O.2ClH/c31-24-8-4-7-21(15-24)18-29-23-11-10-22-16-27-25-9-1-2-12-28(25,26(22)17-23)13-14-30(27)19-20-5-3-6-20;;/h4,7-8,10-11,15,17,20,25,27,29,31H,1-3,5-6,9,12-14,16,18-19H2;2*1H/t25-,27+,28+;;/m0../s1. The Hall–Kier alpha value is -1.42. The number of hydrogen-bond donors (Lipinski definition) is 2. The molecular weight excluding hydrogens is 451 g/mol. The van der Waals surface area contributed by atoms with Crippen LogP contribution in [0.4, 0.5) is 5.69 Å². The fourth-order valence-corrected chi connectivity index (χ4v) is 7.30. The average Bonchev–Trinajstić information content (AvgIpc) is 2.76. The summed E-state index contributed by atoms with van der Waals surface area (Å²) in [6, 6.07) is 15.6. The number of likely N-dealkylation sites (tertiary alicyclic amines) is 1. The van der Waals surface area contributed by atoms with Gasteiger partial charge in [0, 0.05) is 30.2 Å². The van der Waals surface area contributed by atoms with Gasteiger partial charge in [0.2, 0.25) is 0 Å². The van der Waals surface area contributed by atoms with Gasteiger partial charge in [0.1, 0.15) is 5.75 Å². The second-order valence-corrected chi connectivity index (χ2v) is 10.7. The number of anilines is 1. The lowest BCUT2D eigenvalue weighted by molar-refractivity contribution is -0.0239. The van der Waals surface area contributed by atoms with Crippen LogP contribution in [0.2, 0.25) is 0 Å². The summed E-state index contributed by atoms with van der Waals surface area (Å²) >= 11 is 0. The molecule has 0 unspecified atom stereocenters. The van der Waals surface area contributed by atoms with Crippen molar-refractivity contribution in [1.82, 2.24) is 4.90 Å². The third kappa shape index (κ3) is 4.49. The van der Waals surface area contributed by atoms with Gasteiger partial charge in [-0.05, 0) is 97.9 Å². The summed E-state index contributed by atoms with van der Waals surface area (Å²) in [5.41, 5.74) is 6.05. The monoisotopic (exact) mass is 488 g/mol. The van der Waals surface area contributed by atoms with Crippen LogP contribution in [0.25, 0.3) is 0 Å². The van der Waals surface area contributed by atoms with Crippen LogP contribution in [-0.4, -0.2) is 29.1 Å². The van der Waals surface area contributed by atoms with E-state index >= 15 is 0 Å². The second-order valence-electron chi connectivity index (χ2n) is 10.7. The number of halogens is 2. The molecule has 0 radical (unpaired) electrons. The van der Waals surface area contributed by atoms with E-state index < -0.39 is 0 Å². The largest absolute Gasteiger partial charge is 0.508 e. The Kier molecular flexibility index (Phi) is 7.53. The van der Waals surface area contributed by atoms with Crippen LogP contribution in [0.1, 0.15) is 68.1 Å². The topological polar surface area (TPSA) is 35.5 Å². The van der Waals surface area contributed by atoms with Crippen molar-refractivity contribution in [2.75, 3.05) is 18.4 Å². The summed E-state index contributed by atoms with van der Waals surface area (Å²) in [5.74, 6) is 2.17.